The maximum absolute atomic E-state index is 15.2. The number of nitrogens with zero attached hydrogens (tertiary/aromatic N) is 2. The fourth-order valence-electron chi connectivity index (χ4n) is 3.96. The number of carbonyl (C=O) groups excluding carboxylic acids is 1. The number of hydrogen-bond acceptors (Lipinski definition) is 8. The Bertz CT molecular complexity index is 1250. The first-order valence-electron chi connectivity index (χ1n) is 10.4. The number of hydrogen-bond donors (Lipinski definition) is 3. The number of ether oxygens (including phenoxy) is 3. The third-order valence-corrected chi connectivity index (χ3v) is 5.70. The lowest BCUT2D eigenvalue weighted by molar-refractivity contribution is 0.0688. The van der Waals surface area contributed by atoms with E-state index in [1.807, 2.05) is 0 Å². The topological polar surface area (TPSA) is 121 Å². The average Bonchev–Trinajstić information content (AvgIpc) is 3.29. The molecule has 0 spiro atoms. The van der Waals surface area contributed by atoms with Crippen molar-refractivity contribution in [2.75, 3.05) is 30.8 Å². The van der Waals surface area contributed by atoms with Gasteiger partial charge in [0, 0.05) is 41.6 Å². The van der Waals surface area contributed by atoms with Crippen LogP contribution in [0.15, 0.2) is 24.5 Å². The Morgan fingerprint density at radius 3 is 2.94 bits per heavy atom. The van der Waals surface area contributed by atoms with Crippen LogP contribution in [0.1, 0.15) is 12.0 Å². The molecule has 0 aliphatic carbocycles. The SMILES string of the molecule is Cc1c(-c2cc3cc(OC(=O)N[C@@H]4CCOC4)ncc3c(N)c2F)cnc2c1NC[C@H](F)O2. The quantitative estimate of drug-likeness (QED) is 0.513. The number of pyridine rings is 2. The molecule has 0 saturated carbocycles. The Labute approximate surface area is 187 Å². The first kappa shape index (κ1) is 21.1. The van der Waals surface area contributed by atoms with Gasteiger partial charge in [-0.2, -0.15) is 4.39 Å². The summed E-state index contributed by atoms with van der Waals surface area (Å²) >= 11 is 0. The molecule has 2 aliphatic rings. The summed E-state index contributed by atoms with van der Waals surface area (Å²) in [5.74, 6) is -0.482. The van der Waals surface area contributed by atoms with Gasteiger partial charge in [0.25, 0.3) is 6.36 Å². The second-order valence-electron chi connectivity index (χ2n) is 7.88. The molecule has 1 aromatic carbocycles. The van der Waals surface area contributed by atoms with Gasteiger partial charge in [0.1, 0.15) is 5.69 Å². The molecule has 0 unspecified atom stereocenters. The van der Waals surface area contributed by atoms with Crippen molar-refractivity contribution in [3.05, 3.63) is 35.9 Å². The second kappa shape index (κ2) is 8.32. The molecule has 33 heavy (non-hydrogen) atoms. The van der Waals surface area contributed by atoms with Gasteiger partial charge >= 0.3 is 6.09 Å². The molecule has 1 amide bonds. The fourth-order valence-corrected chi connectivity index (χ4v) is 3.96. The molecular formula is C22H21F2N5O4. The van der Waals surface area contributed by atoms with Crippen molar-refractivity contribution in [2.24, 2.45) is 0 Å². The lowest BCUT2D eigenvalue weighted by Gasteiger charge is -2.24. The molecule has 3 aromatic rings. The number of rotatable bonds is 3. The maximum Gasteiger partial charge on any atom is 0.414 e. The summed E-state index contributed by atoms with van der Waals surface area (Å²) in [4.78, 5) is 20.4. The summed E-state index contributed by atoms with van der Waals surface area (Å²) in [5.41, 5.74) is 7.75. The molecule has 1 saturated heterocycles. The van der Waals surface area contributed by atoms with Crippen LogP contribution in [0.2, 0.25) is 0 Å². The normalized spacial score (nSPS) is 19.5. The number of fused-ring (bicyclic) bond motifs is 2. The molecule has 5 rings (SSSR count). The van der Waals surface area contributed by atoms with Crippen molar-refractivity contribution in [1.29, 1.82) is 0 Å². The molecule has 2 aliphatic heterocycles. The Morgan fingerprint density at radius 1 is 1.30 bits per heavy atom. The van der Waals surface area contributed by atoms with Gasteiger partial charge in [0.05, 0.1) is 24.9 Å². The number of amides is 1. The van der Waals surface area contributed by atoms with Crippen LogP contribution in [0, 0.1) is 12.7 Å². The van der Waals surface area contributed by atoms with E-state index >= 15 is 4.39 Å². The van der Waals surface area contributed by atoms with Crippen LogP contribution >= 0.6 is 0 Å². The predicted molar refractivity (Wildman–Crippen MR) is 116 cm³/mol. The van der Waals surface area contributed by atoms with Gasteiger partial charge in [-0.1, -0.05) is 0 Å². The number of nitrogens with one attached hydrogen (secondary N) is 2. The van der Waals surface area contributed by atoms with Gasteiger partial charge in [-0.15, -0.1) is 0 Å². The monoisotopic (exact) mass is 457 g/mol. The molecule has 2 atom stereocenters. The number of nitrogen functional groups attached to an aromatic ring is 1. The number of carbonyl (C=O) groups is 1. The zero-order valence-corrected chi connectivity index (χ0v) is 17.7. The molecule has 9 nitrogen and oxygen atoms in total. The average molecular weight is 457 g/mol. The van der Waals surface area contributed by atoms with E-state index < -0.39 is 18.3 Å². The van der Waals surface area contributed by atoms with Crippen molar-refractivity contribution in [2.45, 2.75) is 25.7 Å². The van der Waals surface area contributed by atoms with Gasteiger partial charge in [0.15, 0.2) is 5.82 Å². The van der Waals surface area contributed by atoms with Crippen molar-refractivity contribution in [1.82, 2.24) is 15.3 Å². The molecule has 0 bridgehead atoms. The van der Waals surface area contributed by atoms with Crippen LogP contribution < -0.4 is 25.8 Å². The number of aromatic nitrogens is 2. The molecule has 0 radical (unpaired) electrons. The van der Waals surface area contributed by atoms with E-state index in [0.717, 1.165) is 0 Å². The standard InChI is InChI=1S/C22H21F2N5O4/c1-10-14(6-28-21-20(10)27-8-16(23)32-21)13-4-11-5-17(26-7-15(11)19(25)18(13)24)33-22(30)29-12-2-3-31-9-12/h4-7,12,16,27H,2-3,8-9,25H2,1H3,(H,29,30)/t12-,16-/m1/s1. The van der Waals surface area contributed by atoms with E-state index in [4.69, 9.17) is 19.9 Å². The molecular weight excluding hydrogens is 436 g/mol. The molecule has 172 valence electrons. The van der Waals surface area contributed by atoms with E-state index in [2.05, 4.69) is 20.6 Å². The van der Waals surface area contributed by atoms with Crippen molar-refractivity contribution >= 4 is 28.2 Å². The summed E-state index contributed by atoms with van der Waals surface area (Å²) < 4.78 is 44.3. The minimum atomic E-state index is -1.51. The number of anilines is 2. The van der Waals surface area contributed by atoms with Crippen molar-refractivity contribution in [3.8, 4) is 22.9 Å². The van der Waals surface area contributed by atoms with E-state index in [9.17, 15) is 9.18 Å². The van der Waals surface area contributed by atoms with Crippen molar-refractivity contribution < 1.29 is 27.8 Å². The summed E-state index contributed by atoms with van der Waals surface area (Å²) in [6.07, 6.45) is 1.31. The van der Waals surface area contributed by atoms with Crippen LogP contribution in [0.3, 0.4) is 0 Å². The Kier molecular flexibility index (Phi) is 5.33. The molecule has 2 aromatic heterocycles. The van der Waals surface area contributed by atoms with E-state index in [-0.39, 0.29) is 35.6 Å². The van der Waals surface area contributed by atoms with Gasteiger partial charge < -0.3 is 30.6 Å². The van der Waals surface area contributed by atoms with Crippen LogP contribution in [0.4, 0.5) is 25.0 Å². The summed E-state index contributed by atoms with van der Waals surface area (Å²) in [7, 11) is 0. The minimum absolute atomic E-state index is 0.0390. The largest absolute Gasteiger partial charge is 0.440 e. The maximum atomic E-state index is 15.2. The van der Waals surface area contributed by atoms with Crippen molar-refractivity contribution in [3.63, 3.8) is 0 Å². The molecule has 1 fully saturated rings. The number of alkyl halides is 1. The Balaban J connectivity index is 1.50. The third-order valence-electron chi connectivity index (χ3n) is 5.70. The van der Waals surface area contributed by atoms with Gasteiger partial charge in [0.2, 0.25) is 11.8 Å². The Hall–Kier alpha value is -3.73. The smallest absolute Gasteiger partial charge is 0.414 e. The fraction of sp³-hybridized carbons (Fsp3) is 0.318. The summed E-state index contributed by atoms with van der Waals surface area (Å²) in [6, 6.07) is 2.98. The molecule has 4 N–H and O–H groups in total. The lowest BCUT2D eigenvalue weighted by Crippen LogP contribution is -2.37. The summed E-state index contributed by atoms with van der Waals surface area (Å²) in [6.45, 7) is 2.73. The van der Waals surface area contributed by atoms with Crippen LogP contribution in [-0.2, 0) is 4.74 Å². The zero-order valence-electron chi connectivity index (χ0n) is 17.7. The zero-order chi connectivity index (χ0) is 23.1. The lowest BCUT2D eigenvalue weighted by atomic mass is 9.97. The number of nitrogens with two attached hydrogens (primary N) is 1. The summed E-state index contributed by atoms with van der Waals surface area (Å²) in [5, 5.41) is 6.53. The van der Waals surface area contributed by atoms with Gasteiger partial charge in [-0.25, -0.2) is 19.2 Å². The second-order valence-corrected chi connectivity index (χ2v) is 7.88. The van der Waals surface area contributed by atoms with Gasteiger partial charge in [-0.05, 0) is 30.4 Å². The van der Waals surface area contributed by atoms with Crippen LogP contribution in [0.25, 0.3) is 21.9 Å². The highest BCUT2D eigenvalue weighted by Gasteiger charge is 2.25. The van der Waals surface area contributed by atoms with E-state index in [1.165, 1.54) is 18.5 Å². The van der Waals surface area contributed by atoms with E-state index in [0.29, 0.717) is 47.2 Å². The van der Waals surface area contributed by atoms with Gasteiger partial charge in [-0.3, -0.25) is 0 Å². The minimum Gasteiger partial charge on any atom is -0.440 e. The third kappa shape index (κ3) is 3.95. The first-order chi connectivity index (χ1) is 15.9. The molecule has 4 heterocycles. The number of halogens is 2. The highest BCUT2D eigenvalue weighted by molar-refractivity contribution is 5.98. The van der Waals surface area contributed by atoms with E-state index in [1.54, 1.807) is 13.0 Å². The van der Waals surface area contributed by atoms with Crippen LogP contribution in [-0.4, -0.2) is 48.2 Å². The Morgan fingerprint density at radius 2 is 2.15 bits per heavy atom. The first-order valence-corrected chi connectivity index (χ1v) is 10.4. The molecule has 11 heteroatoms. The number of benzene rings is 1. The highest BCUT2D eigenvalue weighted by atomic mass is 19.1. The predicted octanol–water partition coefficient (Wildman–Crippen LogP) is 3.30. The highest BCUT2D eigenvalue weighted by Crippen LogP contribution is 2.40. The van der Waals surface area contributed by atoms with Crippen LogP contribution in [0.5, 0.6) is 11.8 Å².